The van der Waals surface area contributed by atoms with E-state index >= 15 is 0 Å². The van der Waals surface area contributed by atoms with Crippen LogP contribution in [0.5, 0.6) is 0 Å². The first-order valence-electron chi connectivity index (χ1n) is 6.42. The van der Waals surface area contributed by atoms with E-state index in [9.17, 15) is 0 Å². The van der Waals surface area contributed by atoms with Gasteiger partial charge in [-0.05, 0) is 38.1 Å². The Balaban J connectivity index is 1.52. The SMILES string of the molecule is CC1CCCC1NCCCCn1cnnc1. The number of hydrogen-bond acceptors (Lipinski definition) is 3. The van der Waals surface area contributed by atoms with E-state index in [1.54, 1.807) is 12.7 Å². The zero-order valence-corrected chi connectivity index (χ0v) is 10.1. The Morgan fingerprint density at radius 1 is 1.25 bits per heavy atom. The molecule has 4 heteroatoms. The average molecular weight is 222 g/mol. The minimum Gasteiger partial charge on any atom is -0.320 e. The minimum atomic E-state index is 0.773. The van der Waals surface area contributed by atoms with Crippen LogP contribution in [0.25, 0.3) is 0 Å². The number of rotatable bonds is 6. The molecule has 0 aromatic carbocycles. The molecule has 1 fully saturated rings. The molecular formula is C12H22N4. The van der Waals surface area contributed by atoms with Crippen LogP contribution in [0.15, 0.2) is 12.7 Å². The van der Waals surface area contributed by atoms with Gasteiger partial charge in [-0.3, -0.25) is 0 Å². The fourth-order valence-corrected chi connectivity index (χ4v) is 2.49. The molecule has 0 bridgehead atoms. The summed E-state index contributed by atoms with van der Waals surface area (Å²) in [5.41, 5.74) is 0. The molecule has 1 N–H and O–H groups in total. The van der Waals surface area contributed by atoms with Crippen LogP contribution in [0.2, 0.25) is 0 Å². The monoisotopic (exact) mass is 222 g/mol. The van der Waals surface area contributed by atoms with Gasteiger partial charge in [0.05, 0.1) is 0 Å². The quantitative estimate of drug-likeness (QED) is 0.747. The number of nitrogens with one attached hydrogen (secondary N) is 1. The Kier molecular flexibility index (Phi) is 4.34. The third-order valence-electron chi connectivity index (χ3n) is 3.58. The summed E-state index contributed by atoms with van der Waals surface area (Å²) in [5, 5.41) is 11.3. The largest absolute Gasteiger partial charge is 0.320 e. The zero-order chi connectivity index (χ0) is 11.2. The molecule has 16 heavy (non-hydrogen) atoms. The highest BCUT2D eigenvalue weighted by molar-refractivity contribution is 4.79. The van der Waals surface area contributed by atoms with Crippen molar-refractivity contribution in [3.05, 3.63) is 12.7 Å². The number of unbranched alkanes of at least 4 members (excludes halogenated alkanes) is 1. The van der Waals surface area contributed by atoms with Crippen molar-refractivity contribution in [1.29, 1.82) is 0 Å². The van der Waals surface area contributed by atoms with Gasteiger partial charge < -0.3 is 9.88 Å². The van der Waals surface area contributed by atoms with Crippen molar-refractivity contribution in [1.82, 2.24) is 20.1 Å². The Labute approximate surface area is 97.5 Å². The van der Waals surface area contributed by atoms with Crippen molar-refractivity contribution in [2.24, 2.45) is 5.92 Å². The van der Waals surface area contributed by atoms with E-state index in [0.29, 0.717) is 0 Å². The molecule has 0 radical (unpaired) electrons. The molecule has 90 valence electrons. The number of hydrogen-bond donors (Lipinski definition) is 1. The molecule has 0 aliphatic heterocycles. The molecule has 1 heterocycles. The van der Waals surface area contributed by atoms with Gasteiger partial charge in [0.2, 0.25) is 0 Å². The lowest BCUT2D eigenvalue weighted by Crippen LogP contribution is -2.31. The summed E-state index contributed by atoms with van der Waals surface area (Å²) < 4.78 is 2.04. The maximum atomic E-state index is 3.79. The second-order valence-electron chi connectivity index (χ2n) is 4.88. The van der Waals surface area contributed by atoms with Gasteiger partial charge in [-0.1, -0.05) is 13.3 Å². The second kappa shape index (κ2) is 5.99. The highest BCUT2D eigenvalue weighted by Gasteiger charge is 2.21. The van der Waals surface area contributed by atoms with Gasteiger partial charge in [0.15, 0.2) is 0 Å². The first kappa shape index (κ1) is 11.6. The molecule has 0 spiro atoms. The summed E-state index contributed by atoms with van der Waals surface area (Å²) in [5.74, 6) is 0.873. The third kappa shape index (κ3) is 3.30. The van der Waals surface area contributed by atoms with Gasteiger partial charge in [-0.25, -0.2) is 0 Å². The molecule has 1 aliphatic carbocycles. The maximum Gasteiger partial charge on any atom is 0.119 e. The van der Waals surface area contributed by atoms with Crippen molar-refractivity contribution >= 4 is 0 Å². The van der Waals surface area contributed by atoms with Crippen LogP contribution in [0, 0.1) is 5.92 Å². The van der Waals surface area contributed by atoms with Gasteiger partial charge in [-0.2, -0.15) is 0 Å². The predicted molar refractivity (Wildman–Crippen MR) is 64.1 cm³/mol. The fraction of sp³-hybridized carbons (Fsp3) is 0.833. The third-order valence-corrected chi connectivity index (χ3v) is 3.58. The molecule has 4 nitrogen and oxygen atoms in total. The van der Waals surface area contributed by atoms with Crippen LogP contribution in [0.4, 0.5) is 0 Å². The first-order valence-corrected chi connectivity index (χ1v) is 6.42. The molecule has 1 aliphatic rings. The van der Waals surface area contributed by atoms with Gasteiger partial charge in [-0.15, -0.1) is 10.2 Å². The maximum absolute atomic E-state index is 3.79. The normalized spacial score (nSPS) is 25.1. The van der Waals surface area contributed by atoms with Crippen molar-refractivity contribution in [2.75, 3.05) is 6.54 Å². The summed E-state index contributed by atoms with van der Waals surface area (Å²) in [4.78, 5) is 0. The van der Waals surface area contributed by atoms with Crippen LogP contribution < -0.4 is 5.32 Å². The molecule has 1 saturated carbocycles. The van der Waals surface area contributed by atoms with Crippen molar-refractivity contribution in [2.45, 2.75) is 51.6 Å². The van der Waals surface area contributed by atoms with E-state index in [2.05, 4.69) is 22.4 Å². The van der Waals surface area contributed by atoms with Crippen molar-refractivity contribution in [3.8, 4) is 0 Å². The topological polar surface area (TPSA) is 42.7 Å². The van der Waals surface area contributed by atoms with E-state index in [0.717, 1.165) is 25.0 Å². The lowest BCUT2D eigenvalue weighted by molar-refractivity contribution is 0.418. The van der Waals surface area contributed by atoms with E-state index in [1.165, 1.54) is 32.1 Å². The summed E-state index contributed by atoms with van der Waals surface area (Å²) in [7, 11) is 0. The summed E-state index contributed by atoms with van der Waals surface area (Å²) in [6.07, 6.45) is 10.2. The predicted octanol–water partition coefficient (Wildman–Crippen LogP) is 1.84. The zero-order valence-electron chi connectivity index (χ0n) is 10.1. The van der Waals surface area contributed by atoms with E-state index in [-0.39, 0.29) is 0 Å². The molecule has 1 aromatic heterocycles. The highest BCUT2D eigenvalue weighted by Crippen LogP contribution is 2.24. The summed E-state index contributed by atoms with van der Waals surface area (Å²) in [6, 6.07) is 0.773. The van der Waals surface area contributed by atoms with Crippen molar-refractivity contribution in [3.63, 3.8) is 0 Å². The van der Waals surface area contributed by atoms with Crippen LogP contribution in [-0.2, 0) is 6.54 Å². The van der Waals surface area contributed by atoms with Crippen LogP contribution in [0.1, 0.15) is 39.0 Å². The Bertz CT molecular complexity index is 283. The smallest absolute Gasteiger partial charge is 0.119 e. The summed E-state index contributed by atoms with van der Waals surface area (Å²) >= 11 is 0. The molecular weight excluding hydrogens is 200 g/mol. The minimum absolute atomic E-state index is 0.773. The average Bonchev–Trinajstić information content (AvgIpc) is 2.90. The Hall–Kier alpha value is -0.900. The number of aryl methyl sites for hydroxylation is 1. The van der Waals surface area contributed by atoms with E-state index < -0.39 is 0 Å². The second-order valence-corrected chi connectivity index (χ2v) is 4.88. The van der Waals surface area contributed by atoms with E-state index in [1.807, 2.05) is 4.57 Å². The molecule has 2 unspecified atom stereocenters. The number of aromatic nitrogens is 3. The van der Waals surface area contributed by atoms with Gasteiger partial charge >= 0.3 is 0 Å². The molecule has 2 rings (SSSR count). The lowest BCUT2D eigenvalue weighted by atomic mass is 10.1. The van der Waals surface area contributed by atoms with Gasteiger partial charge in [0.1, 0.15) is 12.7 Å². The lowest BCUT2D eigenvalue weighted by Gasteiger charge is -2.16. The Morgan fingerprint density at radius 2 is 2.06 bits per heavy atom. The van der Waals surface area contributed by atoms with Crippen LogP contribution in [-0.4, -0.2) is 27.4 Å². The van der Waals surface area contributed by atoms with Crippen LogP contribution in [0.3, 0.4) is 0 Å². The highest BCUT2D eigenvalue weighted by atomic mass is 15.2. The fourth-order valence-electron chi connectivity index (χ4n) is 2.49. The summed E-state index contributed by atoms with van der Waals surface area (Å²) in [6.45, 7) is 4.55. The van der Waals surface area contributed by atoms with Crippen molar-refractivity contribution < 1.29 is 0 Å². The van der Waals surface area contributed by atoms with Gasteiger partial charge in [0.25, 0.3) is 0 Å². The van der Waals surface area contributed by atoms with Crippen LogP contribution >= 0.6 is 0 Å². The standard InChI is InChI=1S/C12H22N4/c1-11-5-4-6-12(11)13-7-2-3-8-16-9-14-15-10-16/h9-13H,2-8H2,1H3. The first-order chi connectivity index (χ1) is 7.86. The molecule has 0 amide bonds. The molecule has 1 aromatic rings. The van der Waals surface area contributed by atoms with E-state index in [4.69, 9.17) is 0 Å². The molecule has 2 atom stereocenters. The Morgan fingerprint density at radius 3 is 2.75 bits per heavy atom. The van der Waals surface area contributed by atoms with Gasteiger partial charge in [0, 0.05) is 12.6 Å². The molecule has 0 saturated heterocycles. The number of nitrogens with zero attached hydrogens (tertiary/aromatic N) is 3.